The lowest BCUT2D eigenvalue weighted by Gasteiger charge is -2.64. The van der Waals surface area contributed by atoms with Gasteiger partial charge in [0, 0.05) is 25.6 Å². The Morgan fingerprint density at radius 2 is 2.00 bits per heavy atom. The van der Waals surface area contributed by atoms with E-state index in [0.717, 1.165) is 44.2 Å². The van der Waals surface area contributed by atoms with Gasteiger partial charge in [-0.2, -0.15) is 13.2 Å². The summed E-state index contributed by atoms with van der Waals surface area (Å²) in [6, 6.07) is 4.63. The molecule has 1 aromatic carbocycles. The van der Waals surface area contributed by atoms with Gasteiger partial charge in [-0.25, -0.2) is 0 Å². The summed E-state index contributed by atoms with van der Waals surface area (Å²) in [4.78, 5) is 29.4. The molecule has 43 heavy (non-hydrogen) atoms. The van der Waals surface area contributed by atoms with E-state index in [1.54, 1.807) is 11.0 Å². The van der Waals surface area contributed by atoms with E-state index < -0.39 is 36.7 Å². The van der Waals surface area contributed by atoms with Crippen molar-refractivity contribution in [1.82, 2.24) is 15.5 Å². The highest BCUT2D eigenvalue weighted by Crippen LogP contribution is 2.65. The molecule has 7 rings (SSSR count). The number of nitrogens with one attached hydrogen (secondary N) is 2. The molecule has 2 bridgehead atoms. The van der Waals surface area contributed by atoms with Gasteiger partial charge in [0.05, 0.1) is 29.1 Å². The van der Waals surface area contributed by atoms with E-state index in [-0.39, 0.29) is 34.9 Å². The highest BCUT2D eigenvalue weighted by molar-refractivity contribution is 6.47. The van der Waals surface area contributed by atoms with Crippen LogP contribution in [0.25, 0.3) is 0 Å². The minimum atomic E-state index is -4.45. The van der Waals surface area contributed by atoms with Gasteiger partial charge in [0.15, 0.2) is 0 Å². The van der Waals surface area contributed by atoms with E-state index >= 15 is 0 Å². The molecule has 3 aliphatic heterocycles. The number of rotatable bonds is 8. The zero-order valence-corrected chi connectivity index (χ0v) is 25.7. The van der Waals surface area contributed by atoms with E-state index in [0.29, 0.717) is 49.9 Å². The summed E-state index contributed by atoms with van der Waals surface area (Å²) < 4.78 is 53.4. The van der Waals surface area contributed by atoms with Gasteiger partial charge >= 0.3 is 13.3 Å². The molecule has 7 nitrogen and oxygen atoms in total. The second-order valence-electron chi connectivity index (χ2n) is 14.3. The predicted molar refractivity (Wildman–Crippen MR) is 157 cm³/mol. The van der Waals surface area contributed by atoms with Crippen molar-refractivity contribution >= 4 is 18.9 Å². The molecular weight excluding hydrogens is 558 g/mol. The Labute approximate surface area is 253 Å². The standard InChI is InChI=1S/C32H45BF3N3O4/c1-5-6-12-27(33-42-26-16-21-15-25(30(21,2)3)31(26,4)43-33)38-28(40)24-11-8-13-39(24)29(41)23-18-37-17-22(23)19-9-7-10-20(14-19)32(34,35)36/h7,9-10,14,21-27,37H,5-6,8,11-13,15-18H2,1-4H3,(H,38,40)/t21-,22-,23+,24-,25+,26+,27-,31-/m0/s1. The first-order valence-electron chi connectivity index (χ1n) is 16.2. The lowest BCUT2D eigenvalue weighted by Crippen LogP contribution is -2.65. The third kappa shape index (κ3) is 5.41. The number of carbonyl (C=O) groups is 2. The molecule has 236 valence electrons. The Hall–Kier alpha value is -2.11. The van der Waals surface area contributed by atoms with Crippen LogP contribution in [0.15, 0.2) is 24.3 Å². The van der Waals surface area contributed by atoms with E-state index in [1.807, 2.05) is 0 Å². The van der Waals surface area contributed by atoms with Gasteiger partial charge < -0.3 is 24.8 Å². The van der Waals surface area contributed by atoms with Crippen LogP contribution in [0.2, 0.25) is 0 Å². The minimum absolute atomic E-state index is 0.0162. The average molecular weight is 604 g/mol. The largest absolute Gasteiger partial charge is 0.481 e. The van der Waals surface area contributed by atoms with Gasteiger partial charge in [-0.15, -0.1) is 0 Å². The van der Waals surface area contributed by atoms with Gasteiger partial charge in [0.1, 0.15) is 6.04 Å². The zero-order valence-electron chi connectivity index (χ0n) is 25.7. The highest BCUT2D eigenvalue weighted by Gasteiger charge is 2.68. The normalized spacial score (nSPS) is 35.4. The molecule has 3 heterocycles. The number of carbonyl (C=O) groups excluding carboxylic acids is 2. The summed E-state index contributed by atoms with van der Waals surface area (Å²) in [5, 5.41) is 6.43. The number of unbranched alkanes of at least 4 members (excludes halogenated alkanes) is 1. The number of hydrogen-bond acceptors (Lipinski definition) is 5. The van der Waals surface area contributed by atoms with E-state index in [1.165, 1.54) is 6.07 Å². The fourth-order valence-corrected chi connectivity index (χ4v) is 8.80. The Morgan fingerprint density at radius 1 is 1.21 bits per heavy atom. The molecule has 3 saturated heterocycles. The monoisotopic (exact) mass is 603 g/mol. The smallest absolute Gasteiger partial charge is 0.404 e. The van der Waals surface area contributed by atoms with Crippen molar-refractivity contribution in [1.29, 1.82) is 0 Å². The average Bonchev–Trinajstić information content (AvgIpc) is 3.72. The Morgan fingerprint density at radius 3 is 2.72 bits per heavy atom. The van der Waals surface area contributed by atoms with Crippen molar-refractivity contribution in [3.05, 3.63) is 35.4 Å². The van der Waals surface area contributed by atoms with Gasteiger partial charge in [-0.1, -0.05) is 51.8 Å². The lowest BCUT2D eigenvalue weighted by molar-refractivity contribution is -0.199. The van der Waals surface area contributed by atoms with Crippen molar-refractivity contribution in [2.24, 2.45) is 23.2 Å². The van der Waals surface area contributed by atoms with Gasteiger partial charge in [0.2, 0.25) is 11.8 Å². The number of amides is 2. The fraction of sp³-hybridized carbons (Fsp3) is 0.750. The number of nitrogens with zero attached hydrogens (tertiary/aromatic N) is 1. The fourth-order valence-electron chi connectivity index (χ4n) is 8.80. The first kappa shape index (κ1) is 30.9. The minimum Gasteiger partial charge on any atom is -0.404 e. The summed E-state index contributed by atoms with van der Waals surface area (Å²) in [5.74, 6) is -0.579. The molecule has 2 N–H and O–H groups in total. The van der Waals surface area contributed by atoms with Crippen LogP contribution < -0.4 is 10.6 Å². The highest BCUT2D eigenvalue weighted by atomic mass is 19.4. The number of benzene rings is 1. The topological polar surface area (TPSA) is 79.9 Å². The number of alkyl halides is 3. The molecule has 0 unspecified atom stereocenters. The van der Waals surface area contributed by atoms with Crippen molar-refractivity contribution < 1.29 is 32.1 Å². The number of likely N-dealkylation sites (tertiary alicyclic amines) is 1. The molecule has 3 saturated carbocycles. The lowest BCUT2D eigenvalue weighted by atomic mass is 9.43. The van der Waals surface area contributed by atoms with Crippen LogP contribution in [0.4, 0.5) is 13.2 Å². The maximum Gasteiger partial charge on any atom is 0.481 e. The quantitative estimate of drug-likeness (QED) is 0.412. The second-order valence-corrected chi connectivity index (χ2v) is 14.3. The van der Waals surface area contributed by atoms with Crippen molar-refractivity contribution in [2.75, 3.05) is 19.6 Å². The maximum atomic E-state index is 13.9. The second kappa shape index (κ2) is 11.4. The molecule has 3 aliphatic carbocycles. The third-order valence-corrected chi connectivity index (χ3v) is 11.5. The van der Waals surface area contributed by atoms with Crippen LogP contribution in [0.1, 0.15) is 89.7 Å². The van der Waals surface area contributed by atoms with Crippen LogP contribution in [-0.4, -0.2) is 67.2 Å². The zero-order chi connectivity index (χ0) is 30.7. The summed E-state index contributed by atoms with van der Waals surface area (Å²) in [6.45, 7) is 10.2. The van der Waals surface area contributed by atoms with Crippen molar-refractivity contribution in [3.63, 3.8) is 0 Å². The molecule has 1 aromatic rings. The Bertz CT molecular complexity index is 1230. The van der Waals surface area contributed by atoms with E-state index in [4.69, 9.17) is 9.31 Å². The predicted octanol–water partition coefficient (Wildman–Crippen LogP) is 4.94. The first-order valence-corrected chi connectivity index (χ1v) is 16.2. The summed E-state index contributed by atoms with van der Waals surface area (Å²) in [6.07, 6.45) is 1.54. The summed E-state index contributed by atoms with van der Waals surface area (Å²) >= 11 is 0. The van der Waals surface area contributed by atoms with Crippen LogP contribution in [0.3, 0.4) is 0 Å². The first-order chi connectivity index (χ1) is 20.3. The third-order valence-electron chi connectivity index (χ3n) is 11.5. The number of hydrogen-bond donors (Lipinski definition) is 2. The Balaban J connectivity index is 1.15. The van der Waals surface area contributed by atoms with Crippen LogP contribution in [0, 0.1) is 23.2 Å². The Kier molecular flexibility index (Phi) is 8.16. The van der Waals surface area contributed by atoms with Crippen molar-refractivity contribution in [2.45, 2.75) is 108 Å². The van der Waals surface area contributed by atoms with Gasteiger partial charge in [-0.05, 0) is 67.9 Å². The molecule has 2 amide bonds. The molecule has 6 fully saturated rings. The summed E-state index contributed by atoms with van der Waals surface area (Å²) in [7, 11) is -0.532. The maximum absolute atomic E-state index is 13.9. The summed E-state index contributed by atoms with van der Waals surface area (Å²) in [5.41, 5.74) is -0.381. The molecular formula is C32H45BF3N3O4. The molecule has 0 spiro atoms. The van der Waals surface area contributed by atoms with Crippen LogP contribution >= 0.6 is 0 Å². The molecule has 11 heteroatoms. The van der Waals surface area contributed by atoms with Crippen LogP contribution in [0.5, 0.6) is 0 Å². The molecule has 8 atom stereocenters. The van der Waals surface area contributed by atoms with Gasteiger partial charge in [0.25, 0.3) is 0 Å². The van der Waals surface area contributed by atoms with Gasteiger partial charge in [-0.3, -0.25) is 9.59 Å². The van der Waals surface area contributed by atoms with Crippen molar-refractivity contribution in [3.8, 4) is 0 Å². The van der Waals surface area contributed by atoms with E-state index in [2.05, 4.69) is 38.3 Å². The molecule has 6 aliphatic rings. The number of halogens is 3. The van der Waals surface area contributed by atoms with E-state index in [9.17, 15) is 22.8 Å². The van der Waals surface area contributed by atoms with Crippen LogP contribution in [-0.2, 0) is 25.1 Å². The molecule has 0 aromatic heterocycles. The molecule has 0 radical (unpaired) electrons. The SMILES string of the molecule is CCCC[C@H](NC(=O)[C@@H]1CCCN1C(=O)[C@@H]1CNC[C@H]1c1cccc(C(F)(F)F)c1)B1O[C@@H]2C[C@@H]3C[C@H](C3(C)C)[C@]2(C)O1.